The molecule has 0 saturated heterocycles. The first-order valence-electron chi connectivity index (χ1n) is 4.21. The van der Waals surface area contributed by atoms with Gasteiger partial charge >= 0.3 is 5.97 Å². The smallest absolute Gasteiger partial charge is 0.304 e. The van der Waals surface area contributed by atoms with Gasteiger partial charge in [-0.3, -0.25) is 4.79 Å². The molecular formula is C10H10O3. The topological polar surface area (TPSA) is 46.5 Å². The average molecular weight is 178 g/mol. The molecule has 0 amide bonds. The van der Waals surface area contributed by atoms with E-state index in [1.165, 1.54) is 0 Å². The molecule has 0 unspecified atom stereocenters. The minimum absolute atomic E-state index is 0.0219. The first-order chi connectivity index (χ1) is 6.27. The minimum atomic E-state index is -0.773. The molecule has 1 heterocycles. The second-order valence-corrected chi connectivity index (χ2v) is 3.14. The SMILES string of the molecule is O=C(O)C[C@H]1COc2ccccc21. The largest absolute Gasteiger partial charge is 0.493 e. The van der Waals surface area contributed by atoms with Crippen molar-refractivity contribution in [1.82, 2.24) is 0 Å². The number of carbonyl (C=O) groups is 1. The second kappa shape index (κ2) is 3.09. The molecule has 0 radical (unpaired) electrons. The first-order valence-corrected chi connectivity index (χ1v) is 4.21. The van der Waals surface area contributed by atoms with Gasteiger partial charge in [-0.2, -0.15) is 0 Å². The van der Waals surface area contributed by atoms with Gasteiger partial charge in [0, 0.05) is 11.5 Å². The highest BCUT2D eigenvalue weighted by molar-refractivity contribution is 5.68. The predicted octanol–water partition coefficient (Wildman–Crippen LogP) is 1.64. The second-order valence-electron chi connectivity index (χ2n) is 3.14. The summed E-state index contributed by atoms with van der Waals surface area (Å²) in [6.07, 6.45) is 0.150. The summed E-state index contributed by atoms with van der Waals surface area (Å²) < 4.78 is 5.35. The number of fused-ring (bicyclic) bond motifs is 1. The molecule has 3 nitrogen and oxygen atoms in total. The van der Waals surface area contributed by atoms with Crippen molar-refractivity contribution < 1.29 is 14.6 Å². The summed E-state index contributed by atoms with van der Waals surface area (Å²) >= 11 is 0. The van der Waals surface area contributed by atoms with Crippen molar-refractivity contribution in [3.8, 4) is 5.75 Å². The van der Waals surface area contributed by atoms with Crippen LogP contribution in [0, 0.1) is 0 Å². The van der Waals surface area contributed by atoms with Gasteiger partial charge in [0.1, 0.15) is 5.75 Å². The third kappa shape index (κ3) is 1.49. The maximum atomic E-state index is 10.5. The third-order valence-electron chi connectivity index (χ3n) is 2.22. The molecule has 1 N–H and O–H groups in total. The number of para-hydroxylation sites is 1. The lowest BCUT2D eigenvalue weighted by Crippen LogP contribution is -2.07. The Morgan fingerprint density at radius 3 is 3.08 bits per heavy atom. The zero-order valence-corrected chi connectivity index (χ0v) is 7.06. The molecule has 1 aromatic rings. The van der Waals surface area contributed by atoms with Crippen LogP contribution in [0.15, 0.2) is 24.3 Å². The highest BCUT2D eigenvalue weighted by Crippen LogP contribution is 2.35. The Bertz CT molecular complexity index is 333. The summed E-state index contributed by atoms with van der Waals surface area (Å²) in [7, 11) is 0. The van der Waals surface area contributed by atoms with E-state index in [0.29, 0.717) is 6.61 Å². The fourth-order valence-electron chi connectivity index (χ4n) is 1.61. The van der Waals surface area contributed by atoms with E-state index in [1.54, 1.807) is 0 Å². The third-order valence-corrected chi connectivity index (χ3v) is 2.22. The fraction of sp³-hybridized carbons (Fsp3) is 0.300. The molecule has 2 rings (SSSR count). The average Bonchev–Trinajstić information content (AvgIpc) is 2.48. The Balaban J connectivity index is 2.23. The molecule has 0 aromatic heterocycles. The predicted molar refractivity (Wildman–Crippen MR) is 46.9 cm³/mol. The molecule has 0 bridgehead atoms. The van der Waals surface area contributed by atoms with Crippen LogP contribution in [-0.4, -0.2) is 17.7 Å². The van der Waals surface area contributed by atoms with Crippen LogP contribution in [0.1, 0.15) is 17.9 Å². The van der Waals surface area contributed by atoms with Crippen LogP contribution >= 0.6 is 0 Å². The van der Waals surface area contributed by atoms with Crippen molar-refractivity contribution in [2.45, 2.75) is 12.3 Å². The molecule has 1 atom stereocenters. The maximum Gasteiger partial charge on any atom is 0.304 e. The lowest BCUT2D eigenvalue weighted by Gasteiger charge is -2.03. The maximum absolute atomic E-state index is 10.5. The van der Waals surface area contributed by atoms with Crippen LogP contribution in [0.25, 0.3) is 0 Å². The Labute approximate surface area is 76.0 Å². The Morgan fingerprint density at radius 2 is 2.31 bits per heavy atom. The summed E-state index contributed by atoms with van der Waals surface area (Å²) in [4.78, 5) is 10.5. The summed E-state index contributed by atoms with van der Waals surface area (Å²) in [5.41, 5.74) is 1.02. The molecule has 0 spiro atoms. The van der Waals surface area contributed by atoms with E-state index < -0.39 is 5.97 Å². The van der Waals surface area contributed by atoms with Gasteiger partial charge in [-0.05, 0) is 6.07 Å². The Morgan fingerprint density at radius 1 is 1.54 bits per heavy atom. The normalized spacial score (nSPS) is 19.2. The van der Waals surface area contributed by atoms with Gasteiger partial charge in [-0.1, -0.05) is 18.2 Å². The van der Waals surface area contributed by atoms with Crippen molar-refractivity contribution >= 4 is 5.97 Å². The zero-order chi connectivity index (χ0) is 9.26. The number of ether oxygens (including phenoxy) is 1. The van der Waals surface area contributed by atoms with Crippen molar-refractivity contribution in [2.75, 3.05) is 6.61 Å². The Hall–Kier alpha value is -1.51. The van der Waals surface area contributed by atoms with E-state index >= 15 is 0 Å². The molecular weight excluding hydrogens is 168 g/mol. The van der Waals surface area contributed by atoms with Crippen molar-refractivity contribution in [3.63, 3.8) is 0 Å². The van der Waals surface area contributed by atoms with E-state index in [4.69, 9.17) is 9.84 Å². The first kappa shape index (κ1) is 8.10. The van der Waals surface area contributed by atoms with Crippen LogP contribution in [0.3, 0.4) is 0 Å². The number of benzene rings is 1. The van der Waals surface area contributed by atoms with Gasteiger partial charge in [-0.25, -0.2) is 0 Å². The molecule has 1 aliphatic rings. The molecule has 1 aromatic carbocycles. The van der Waals surface area contributed by atoms with Crippen molar-refractivity contribution in [1.29, 1.82) is 0 Å². The zero-order valence-electron chi connectivity index (χ0n) is 7.06. The van der Waals surface area contributed by atoms with E-state index in [-0.39, 0.29) is 12.3 Å². The van der Waals surface area contributed by atoms with E-state index in [1.807, 2.05) is 24.3 Å². The fourth-order valence-corrected chi connectivity index (χ4v) is 1.61. The molecule has 3 heteroatoms. The number of rotatable bonds is 2. The number of hydrogen-bond acceptors (Lipinski definition) is 2. The lowest BCUT2D eigenvalue weighted by atomic mass is 9.98. The molecule has 1 aliphatic heterocycles. The number of aliphatic carboxylic acids is 1. The standard InChI is InChI=1S/C10H10O3/c11-10(12)5-7-6-13-9-4-2-1-3-8(7)9/h1-4,7H,5-6H2,(H,11,12)/t7-/m0/s1. The van der Waals surface area contributed by atoms with Crippen LogP contribution in [0.2, 0.25) is 0 Å². The molecule has 0 aliphatic carbocycles. The molecule has 0 saturated carbocycles. The van der Waals surface area contributed by atoms with Crippen molar-refractivity contribution in [2.24, 2.45) is 0 Å². The highest BCUT2D eigenvalue weighted by atomic mass is 16.5. The van der Waals surface area contributed by atoms with Gasteiger partial charge in [0.25, 0.3) is 0 Å². The summed E-state index contributed by atoms with van der Waals surface area (Å²) in [5, 5.41) is 8.64. The van der Waals surface area contributed by atoms with E-state index in [2.05, 4.69) is 0 Å². The lowest BCUT2D eigenvalue weighted by molar-refractivity contribution is -0.137. The highest BCUT2D eigenvalue weighted by Gasteiger charge is 2.25. The van der Waals surface area contributed by atoms with Crippen molar-refractivity contribution in [3.05, 3.63) is 29.8 Å². The van der Waals surface area contributed by atoms with Crippen LogP contribution in [-0.2, 0) is 4.79 Å². The summed E-state index contributed by atoms with van der Waals surface area (Å²) in [6, 6.07) is 7.59. The van der Waals surface area contributed by atoms with Crippen LogP contribution < -0.4 is 4.74 Å². The quantitative estimate of drug-likeness (QED) is 0.748. The van der Waals surface area contributed by atoms with Crippen LogP contribution in [0.4, 0.5) is 0 Å². The molecule has 13 heavy (non-hydrogen) atoms. The molecule has 68 valence electrons. The van der Waals surface area contributed by atoms with E-state index in [9.17, 15) is 4.79 Å². The van der Waals surface area contributed by atoms with E-state index in [0.717, 1.165) is 11.3 Å². The Kier molecular flexibility index (Phi) is 1.93. The van der Waals surface area contributed by atoms with Gasteiger partial charge in [-0.15, -0.1) is 0 Å². The number of carboxylic acids is 1. The monoisotopic (exact) mass is 178 g/mol. The minimum Gasteiger partial charge on any atom is -0.493 e. The molecule has 0 fully saturated rings. The summed E-state index contributed by atoms with van der Waals surface area (Å²) in [5.74, 6) is 0.0766. The number of carboxylic acid groups (broad SMARTS) is 1. The summed E-state index contributed by atoms with van der Waals surface area (Å²) in [6.45, 7) is 0.492. The van der Waals surface area contributed by atoms with Gasteiger partial charge in [0.05, 0.1) is 13.0 Å². The number of hydrogen-bond donors (Lipinski definition) is 1. The van der Waals surface area contributed by atoms with Gasteiger partial charge < -0.3 is 9.84 Å². The van der Waals surface area contributed by atoms with Gasteiger partial charge in [0.15, 0.2) is 0 Å². The van der Waals surface area contributed by atoms with Crippen LogP contribution in [0.5, 0.6) is 5.75 Å². The van der Waals surface area contributed by atoms with Gasteiger partial charge in [0.2, 0.25) is 0 Å².